The Hall–Kier alpha value is -6.71. The van der Waals surface area contributed by atoms with Crippen molar-refractivity contribution in [1.82, 2.24) is 4.98 Å². The highest BCUT2D eigenvalue weighted by molar-refractivity contribution is 5.81. The molecule has 1 heterocycles. The quantitative estimate of drug-likeness (QED) is 0.156. The third kappa shape index (κ3) is 6.53. The van der Waals surface area contributed by atoms with Crippen LogP contribution in [0, 0.1) is 0 Å². The molecule has 0 aliphatic carbocycles. The van der Waals surface area contributed by atoms with E-state index in [1.54, 1.807) is 0 Å². The lowest BCUT2D eigenvalue weighted by Crippen LogP contribution is -2.09. The summed E-state index contributed by atoms with van der Waals surface area (Å²) in [4.78, 5) is 9.34. The summed E-state index contributed by atoms with van der Waals surface area (Å²) < 4.78 is 0. The summed E-state index contributed by atoms with van der Waals surface area (Å²) in [5.74, 6) is 0. The van der Waals surface area contributed by atoms with Crippen molar-refractivity contribution >= 4 is 34.1 Å². The average Bonchev–Trinajstić information content (AvgIpc) is 3.20. The van der Waals surface area contributed by atoms with E-state index in [0.29, 0.717) is 0 Å². The number of nitrogens with zero attached hydrogens (tertiary/aromatic N) is 3. The largest absolute Gasteiger partial charge is 0.311 e. The molecule has 0 amide bonds. The van der Waals surface area contributed by atoms with Crippen molar-refractivity contribution in [2.75, 3.05) is 9.80 Å². The molecule has 0 radical (unpaired) electrons. The summed E-state index contributed by atoms with van der Waals surface area (Å²) >= 11 is 0. The molecule has 3 nitrogen and oxygen atoms in total. The van der Waals surface area contributed by atoms with Gasteiger partial charge in [0.25, 0.3) is 0 Å². The zero-order chi connectivity index (χ0) is 33.5. The van der Waals surface area contributed by atoms with Crippen LogP contribution in [0.1, 0.15) is 0 Å². The Labute approximate surface area is 294 Å². The van der Waals surface area contributed by atoms with Gasteiger partial charge in [0.2, 0.25) is 0 Å². The molecule has 1 aromatic heterocycles. The molecule has 238 valence electrons. The topological polar surface area (TPSA) is 19.4 Å². The smallest absolute Gasteiger partial charge is 0.0708 e. The van der Waals surface area contributed by atoms with Crippen LogP contribution in [0.5, 0.6) is 0 Å². The van der Waals surface area contributed by atoms with Crippen molar-refractivity contribution in [2.24, 2.45) is 0 Å². The second-order valence-corrected chi connectivity index (χ2v) is 12.1. The first-order valence-electron chi connectivity index (χ1n) is 16.9. The third-order valence-electron chi connectivity index (χ3n) is 8.89. The lowest BCUT2D eigenvalue weighted by Gasteiger charge is -2.25. The molecule has 0 saturated heterocycles. The van der Waals surface area contributed by atoms with Crippen LogP contribution in [0.3, 0.4) is 0 Å². The molecule has 0 N–H and O–H groups in total. The van der Waals surface area contributed by atoms with Crippen LogP contribution in [0.2, 0.25) is 0 Å². The lowest BCUT2D eigenvalue weighted by molar-refractivity contribution is 1.28. The molecule has 8 rings (SSSR count). The van der Waals surface area contributed by atoms with E-state index < -0.39 is 0 Å². The highest BCUT2D eigenvalue weighted by Crippen LogP contribution is 2.37. The molecule has 0 saturated carbocycles. The molecule has 0 aliphatic rings. The Morgan fingerprint density at radius 3 is 1.04 bits per heavy atom. The highest BCUT2D eigenvalue weighted by Gasteiger charge is 2.14. The lowest BCUT2D eigenvalue weighted by atomic mass is 9.99. The standard InChI is InChI=1S/C47H35N3/c1-5-16-41(17-6-1)49(42-18-7-2-8-19-42)45-28-24-36(25-29-45)38-14-13-15-40(34-38)47-35-39(32-33-48-47)37-26-30-46(31-27-37)50(43-20-9-3-10-21-43)44-22-11-4-12-23-44/h1-35H. The van der Waals surface area contributed by atoms with Gasteiger partial charge in [-0.3, -0.25) is 4.98 Å². The van der Waals surface area contributed by atoms with Crippen molar-refractivity contribution in [3.05, 3.63) is 212 Å². The molecular weight excluding hydrogens is 607 g/mol. The summed E-state index contributed by atoms with van der Waals surface area (Å²) in [5, 5.41) is 0. The number of rotatable bonds is 9. The number of pyridine rings is 1. The molecule has 0 fully saturated rings. The maximum Gasteiger partial charge on any atom is 0.0708 e. The zero-order valence-corrected chi connectivity index (χ0v) is 27.5. The van der Waals surface area contributed by atoms with Gasteiger partial charge in [-0.05, 0) is 113 Å². The van der Waals surface area contributed by atoms with E-state index >= 15 is 0 Å². The first kappa shape index (κ1) is 30.6. The minimum absolute atomic E-state index is 0.944. The summed E-state index contributed by atoms with van der Waals surface area (Å²) in [7, 11) is 0. The van der Waals surface area contributed by atoms with E-state index in [9.17, 15) is 0 Å². The van der Waals surface area contributed by atoms with Crippen molar-refractivity contribution < 1.29 is 0 Å². The van der Waals surface area contributed by atoms with E-state index in [4.69, 9.17) is 4.98 Å². The number of hydrogen-bond donors (Lipinski definition) is 0. The van der Waals surface area contributed by atoms with Gasteiger partial charge in [0, 0.05) is 45.9 Å². The van der Waals surface area contributed by atoms with Gasteiger partial charge >= 0.3 is 0 Å². The van der Waals surface area contributed by atoms with Gasteiger partial charge in [-0.2, -0.15) is 0 Å². The molecule has 0 aliphatic heterocycles. The minimum atomic E-state index is 0.944. The van der Waals surface area contributed by atoms with Crippen LogP contribution in [-0.4, -0.2) is 4.98 Å². The Morgan fingerprint density at radius 1 is 0.260 bits per heavy atom. The van der Waals surface area contributed by atoms with Gasteiger partial charge in [0.15, 0.2) is 0 Å². The molecule has 0 atom stereocenters. The Balaban J connectivity index is 1.06. The van der Waals surface area contributed by atoms with Gasteiger partial charge in [-0.15, -0.1) is 0 Å². The minimum Gasteiger partial charge on any atom is -0.311 e. The van der Waals surface area contributed by atoms with Crippen molar-refractivity contribution in [1.29, 1.82) is 0 Å². The first-order valence-corrected chi connectivity index (χ1v) is 16.9. The number of hydrogen-bond acceptors (Lipinski definition) is 3. The summed E-state index contributed by atoms with van der Waals surface area (Å²) in [6.45, 7) is 0. The molecule has 0 unspecified atom stereocenters. The fraction of sp³-hybridized carbons (Fsp3) is 0. The number of anilines is 6. The molecule has 50 heavy (non-hydrogen) atoms. The first-order chi connectivity index (χ1) is 24.8. The third-order valence-corrected chi connectivity index (χ3v) is 8.89. The molecular formula is C47H35N3. The van der Waals surface area contributed by atoms with Crippen molar-refractivity contribution in [3.8, 4) is 33.5 Å². The van der Waals surface area contributed by atoms with Gasteiger partial charge in [0.1, 0.15) is 0 Å². The second kappa shape index (κ2) is 14.2. The van der Waals surface area contributed by atoms with E-state index in [0.717, 1.165) is 67.6 Å². The van der Waals surface area contributed by atoms with Crippen LogP contribution in [0.25, 0.3) is 33.5 Å². The number of para-hydroxylation sites is 4. The SMILES string of the molecule is c1ccc(N(c2ccccc2)c2ccc(-c3cccc(-c4cc(-c5ccc(N(c6ccccc6)c6ccccc6)cc5)ccn4)c3)cc2)cc1. The summed E-state index contributed by atoms with van der Waals surface area (Å²) in [6, 6.07) is 72.4. The van der Waals surface area contributed by atoms with Gasteiger partial charge in [-0.25, -0.2) is 0 Å². The molecule has 8 aromatic rings. The predicted octanol–water partition coefficient (Wildman–Crippen LogP) is 13.0. The van der Waals surface area contributed by atoms with Crippen LogP contribution < -0.4 is 9.80 Å². The monoisotopic (exact) mass is 641 g/mol. The molecule has 7 aromatic carbocycles. The van der Waals surface area contributed by atoms with E-state index in [-0.39, 0.29) is 0 Å². The molecule has 0 spiro atoms. The van der Waals surface area contributed by atoms with Crippen LogP contribution in [0.4, 0.5) is 34.1 Å². The number of aromatic nitrogens is 1. The van der Waals surface area contributed by atoms with Crippen molar-refractivity contribution in [3.63, 3.8) is 0 Å². The van der Waals surface area contributed by atoms with Crippen molar-refractivity contribution in [2.45, 2.75) is 0 Å². The fourth-order valence-corrected chi connectivity index (χ4v) is 6.43. The Kier molecular flexibility index (Phi) is 8.69. The fourth-order valence-electron chi connectivity index (χ4n) is 6.43. The second-order valence-electron chi connectivity index (χ2n) is 12.1. The normalized spacial score (nSPS) is 10.8. The van der Waals surface area contributed by atoms with E-state index in [1.165, 1.54) is 0 Å². The molecule has 0 bridgehead atoms. The molecule has 3 heteroatoms. The van der Waals surface area contributed by atoms with E-state index in [1.807, 2.05) is 6.20 Å². The highest BCUT2D eigenvalue weighted by atomic mass is 15.1. The predicted molar refractivity (Wildman–Crippen MR) is 210 cm³/mol. The maximum absolute atomic E-state index is 4.78. The van der Waals surface area contributed by atoms with Gasteiger partial charge in [0.05, 0.1) is 5.69 Å². The summed E-state index contributed by atoms with van der Waals surface area (Å²) in [6.07, 6.45) is 1.90. The average molecular weight is 642 g/mol. The number of benzene rings is 7. The Morgan fingerprint density at radius 2 is 0.620 bits per heavy atom. The Bertz CT molecular complexity index is 2040. The van der Waals surface area contributed by atoms with Crippen LogP contribution in [0.15, 0.2) is 212 Å². The maximum atomic E-state index is 4.78. The van der Waals surface area contributed by atoms with Crippen LogP contribution >= 0.6 is 0 Å². The van der Waals surface area contributed by atoms with Crippen LogP contribution in [-0.2, 0) is 0 Å². The van der Waals surface area contributed by atoms with Gasteiger partial charge in [-0.1, -0.05) is 115 Å². The summed E-state index contributed by atoms with van der Waals surface area (Å²) in [5.41, 5.74) is 13.3. The van der Waals surface area contributed by atoms with E-state index in [2.05, 4.69) is 216 Å². The van der Waals surface area contributed by atoms with Gasteiger partial charge < -0.3 is 9.80 Å². The zero-order valence-electron chi connectivity index (χ0n) is 27.5.